The Morgan fingerprint density at radius 1 is 1.32 bits per heavy atom. The highest BCUT2D eigenvalue weighted by Crippen LogP contribution is 2.19. The van der Waals surface area contributed by atoms with Crippen molar-refractivity contribution in [2.24, 2.45) is 0 Å². The van der Waals surface area contributed by atoms with Crippen LogP contribution in [0, 0.1) is 12.3 Å². The van der Waals surface area contributed by atoms with Crippen molar-refractivity contribution in [3.05, 3.63) is 29.8 Å². The number of carbonyl (C=O) groups excluding carboxylic acids is 2. The van der Waals surface area contributed by atoms with E-state index in [1.165, 1.54) is 0 Å². The van der Waals surface area contributed by atoms with Gasteiger partial charge in [-0.05, 0) is 31.5 Å². The Bertz CT molecular complexity index is 555. The molecule has 0 saturated heterocycles. The van der Waals surface area contributed by atoms with Crippen molar-refractivity contribution in [3.63, 3.8) is 0 Å². The fourth-order valence-electron chi connectivity index (χ4n) is 1.35. The van der Waals surface area contributed by atoms with Crippen molar-refractivity contribution < 1.29 is 19.1 Å². The first-order valence-electron chi connectivity index (χ1n) is 6.61. The molecule has 0 saturated carbocycles. The standard InChI is InChI=1S/C16H18BrNO4/c1-4-9-18-14(19)11-21-13-7-5-12(6-8-13)10-22-15(20)16(2,3)17/h1,5-8H,9-11H2,2-3H3,(H,18,19). The molecule has 0 fully saturated rings. The van der Waals surface area contributed by atoms with Gasteiger partial charge in [-0.1, -0.05) is 34.0 Å². The number of amides is 1. The number of rotatable bonds is 7. The smallest absolute Gasteiger partial charge is 0.322 e. The van der Waals surface area contributed by atoms with Crippen LogP contribution in [0.1, 0.15) is 19.4 Å². The van der Waals surface area contributed by atoms with E-state index in [9.17, 15) is 9.59 Å². The van der Waals surface area contributed by atoms with Crippen LogP contribution in [0.2, 0.25) is 0 Å². The molecule has 0 aliphatic rings. The maximum absolute atomic E-state index is 11.6. The molecule has 1 aromatic carbocycles. The van der Waals surface area contributed by atoms with E-state index in [0.717, 1.165) is 5.56 Å². The number of alkyl halides is 1. The lowest BCUT2D eigenvalue weighted by Crippen LogP contribution is -2.29. The molecule has 0 atom stereocenters. The van der Waals surface area contributed by atoms with Gasteiger partial charge in [0.05, 0.1) is 6.54 Å². The van der Waals surface area contributed by atoms with Gasteiger partial charge < -0.3 is 14.8 Å². The minimum absolute atomic E-state index is 0.103. The summed E-state index contributed by atoms with van der Waals surface area (Å²) < 4.78 is 9.76. The molecular weight excluding hydrogens is 350 g/mol. The molecule has 0 unspecified atom stereocenters. The molecule has 0 heterocycles. The van der Waals surface area contributed by atoms with Crippen LogP contribution < -0.4 is 10.1 Å². The third kappa shape index (κ3) is 6.64. The van der Waals surface area contributed by atoms with Crippen molar-refractivity contribution >= 4 is 27.8 Å². The fraction of sp³-hybridized carbons (Fsp3) is 0.375. The minimum Gasteiger partial charge on any atom is -0.484 e. The molecule has 118 valence electrons. The molecule has 1 N–H and O–H groups in total. The number of hydrogen-bond donors (Lipinski definition) is 1. The quantitative estimate of drug-likeness (QED) is 0.455. The molecule has 0 bridgehead atoms. The largest absolute Gasteiger partial charge is 0.484 e. The molecule has 6 heteroatoms. The van der Waals surface area contributed by atoms with Gasteiger partial charge in [-0.25, -0.2) is 0 Å². The molecule has 0 aromatic heterocycles. The zero-order valence-electron chi connectivity index (χ0n) is 12.5. The first kappa shape index (κ1) is 18.1. The fourth-order valence-corrected chi connectivity index (χ4v) is 1.47. The van der Waals surface area contributed by atoms with Gasteiger partial charge in [0.2, 0.25) is 0 Å². The van der Waals surface area contributed by atoms with Crippen molar-refractivity contribution in [2.75, 3.05) is 13.2 Å². The monoisotopic (exact) mass is 367 g/mol. The summed E-state index contributed by atoms with van der Waals surface area (Å²) in [6, 6.07) is 6.94. The molecule has 22 heavy (non-hydrogen) atoms. The molecule has 0 radical (unpaired) electrons. The second-order valence-corrected chi connectivity index (χ2v) is 6.94. The summed E-state index contributed by atoms with van der Waals surface area (Å²) in [4.78, 5) is 22.9. The van der Waals surface area contributed by atoms with E-state index in [0.29, 0.717) is 5.75 Å². The number of terminal acetylenes is 1. The second kappa shape index (κ2) is 8.44. The zero-order chi connectivity index (χ0) is 16.6. The van der Waals surface area contributed by atoms with Crippen LogP contribution in [0.25, 0.3) is 0 Å². The van der Waals surface area contributed by atoms with Crippen LogP contribution in [0.5, 0.6) is 5.75 Å². The van der Waals surface area contributed by atoms with Crippen LogP contribution in [0.3, 0.4) is 0 Å². The predicted octanol–water partition coefficient (Wildman–Crippen LogP) is 2.03. The molecule has 1 aromatic rings. The average molecular weight is 368 g/mol. The third-order valence-electron chi connectivity index (χ3n) is 2.54. The summed E-state index contributed by atoms with van der Waals surface area (Å²) >= 11 is 3.24. The lowest BCUT2D eigenvalue weighted by Gasteiger charge is -2.14. The number of esters is 1. The van der Waals surface area contributed by atoms with Gasteiger partial charge >= 0.3 is 5.97 Å². The number of nitrogens with one attached hydrogen (secondary N) is 1. The number of carbonyl (C=O) groups is 2. The van der Waals surface area contributed by atoms with E-state index in [-0.39, 0.29) is 31.6 Å². The topological polar surface area (TPSA) is 64.6 Å². The Balaban J connectivity index is 2.42. The highest BCUT2D eigenvalue weighted by Gasteiger charge is 2.25. The Kier molecular flexibility index (Phi) is 6.93. The van der Waals surface area contributed by atoms with Gasteiger partial charge in [-0.2, -0.15) is 0 Å². The van der Waals surface area contributed by atoms with E-state index in [2.05, 4.69) is 27.2 Å². The Morgan fingerprint density at radius 3 is 2.50 bits per heavy atom. The van der Waals surface area contributed by atoms with Gasteiger partial charge in [0.25, 0.3) is 5.91 Å². The lowest BCUT2D eigenvalue weighted by atomic mass is 10.2. The molecular formula is C16H18BrNO4. The van der Waals surface area contributed by atoms with Crippen LogP contribution in [-0.2, 0) is 20.9 Å². The van der Waals surface area contributed by atoms with E-state index >= 15 is 0 Å². The van der Waals surface area contributed by atoms with Gasteiger partial charge in [-0.3, -0.25) is 9.59 Å². The predicted molar refractivity (Wildman–Crippen MR) is 86.6 cm³/mol. The van der Waals surface area contributed by atoms with Gasteiger partial charge in [0, 0.05) is 0 Å². The molecule has 1 rings (SSSR count). The van der Waals surface area contributed by atoms with Crippen LogP contribution >= 0.6 is 15.9 Å². The van der Waals surface area contributed by atoms with E-state index in [1.807, 2.05) is 0 Å². The van der Waals surface area contributed by atoms with E-state index in [1.54, 1.807) is 38.1 Å². The number of halogens is 1. The molecule has 5 nitrogen and oxygen atoms in total. The summed E-state index contributed by atoms with van der Waals surface area (Å²) in [6.45, 7) is 3.69. The van der Waals surface area contributed by atoms with E-state index < -0.39 is 4.32 Å². The third-order valence-corrected chi connectivity index (χ3v) is 2.86. The van der Waals surface area contributed by atoms with Crippen LogP contribution in [-0.4, -0.2) is 29.4 Å². The number of hydrogen-bond acceptors (Lipinski definition) is 4. The normalized spacial score (nSPS) is 10.5. The molecule has 1 amide bonds. The zero-order valence-corrected chi connectivity index (χ0v) is 14.1. The van der Waals surface area contributed by atoms with Crippen molar-refractivity contribution in [1.29, 1.82) is 0 Å². The maximum Gasteiger partial charge on any atom is 0.322 e. The van der Waals surface area contributed by atoms with Crippen molar-refractivity contribution in [3.8, 4) is 18.1 Å². The summed E-state index contributed by atoms with van der Waals surface area (Å²) in [5, 5.41) is 2.50. The number of benzene rings is 1. The summed E-state index contributed by atoms with van der Waals surface area (Å²) in [5.41, 5.74) is 0.828. The Labute approximate surface area is 138 Å². The van der Waals surface area contributed by atoms with Crippen LogP contribution in [0.4, 0.5) is 0 Å². The molecule has 0 aliphatic carbocycles. The first-order valence-corrected chi connectivity index (χ1v) is 7.40. The molecule has 0 aliphatic heterocycles. The van der Waals surface area contributed by atoms with Crippen LogP contribution in [0.15, 0.2) is 24.3 Å². The highest BCUT2D eigenvalue weighted by atomic mass is 79.9. The Morgan fingerprint density at radius 2 is 1.95 bits per heavy atom. The SMILES string of the molecule is C#CCNC(=O)COc1ccc(COC(=O)C(C)(C)Br)cc1. The summed E-state index contributed by atoms with van der Waals surface area (Å²) in [5.74, 6) is 2.24. The van der Waals surface area contributed by atoms with E-state index in [4.69, 9.17) is 15.9 Å². The summed E-state index contributed by atoms with van der Waals surface area (Å²) in [6.07, 6.45) is 5.03. The van der Waals surface area contributed by atoms with Gasteiger partial charge in [0.15, 0.2) is 6.61 Å². The Hall–Kier alpha value is -2.00. The second-order valence-electron chi connectivity index (χ2n) is 4.96. The lowest BCUT2D eigenvalue weighted by molar-refractivity contribution is -0.146. The number of ether oxygens (including phenoxy) is 2. The van der Waals surface area contributed by atoms with Crippen molar-refractivity contribution in [2.45, 2.75) is 24.8 Å². The maximum atomic E-state index is 11.6. The average Bonchev–Trinajstić information content (AvgIpc) is 2.48. The minimum atomic E-state index is -0.707. The van der Waals surface area contributed by atoms with Gasteiger partial charge in [-0.15, -0.1) is 6.42 Å². The van der Waals surface area contributed by atoms with Gasteiger partial charge in [0.1, 0.15) is 16.7 Å². The summed E-state index contributed by atoms with van der Waals surface area (Å²) in [7, 11) is 0. The molecule has 0 spiro atoms. The first-order chi connectivity index (χ1) is 10.3. The highest BCUT2D eigenvalue weighted by molar-refractivity contribution is 9.10. The van der Waals surface area contributed by atoms with Crippen molar-refractivity contribution in [1.82, 2.24) is 5.32 Å².